The maximum atomic E-state index is 14.0. The second kappa shape index (κ2) is 3.91. The van der Waals surface area contributed by atoms with Crippen molar-refractivity contribution in [2.45, 2.75) is 31.4 Å². The highest BCUT2D eigenvalue weighted by molar-refractivity contribution is 5.32. The molecular weight excluding hydrogens is 193 g/mol. The Kier molecular flexibility index (Phi) is 2.76. The largest absolute Gasteiger partial charge is 0.380 e. The van der Waals surface area contributed by atoms with E-state index in [9.17, 15) is 4.39 Å². The predicted molar refractivity (Wildman–Crippen MR) is 56.8 cm³/mol. The van der Waals surface area contributed by atoms with Gasteiger partial charge in [0.25, 0.3) is 0 Å². The van der Waals surface area contributed by atoms with Crippen molar-refractivity contribution in [3.63, 3.8) is 0 Å². The molecule has 0 aromatic heterocycles. The SMILES string of the molecule is COCc1cccc(C2(N)CCC2)c1F. The molecule has 1 aromatic rings. The molecule has 1 saturated carbocycles. The average molecular weight is 209 g/mol. The first-order valence-electron chi connectivity index (χ1n) is 5.23. The fourth-order valence-corrected chi connectivity index (χ4v) is 2.06. The maximum absolute atomic E-state index is 14.0. The molecule has 0 unspecified atom stereocenters. The summed E-state index contributed by atoms with van der Waals surface area (Å²) < 4.78 is 19.0. The van der Waals surface area contributed by atoms with Crippen LogP contribution in [0.1, 0.15) is 30.4 Å². The van der Waals surface area contributed by atoms with Crippen molar-refractivity contribution in [2.24, 2.45) is 5.73 Å². The summed E-state index contributed by atoms with van der Waals surface area (Å²) in [4.78, 5) is 0. The highest BCUT2D eigenvalue weighted by Crippen LogP contribution is 2.40. The Labute approximate surface area is 89.2 Å². The van der Waals surface area contributed by atoms with Gasteiger partial charge in [0, 0.05) is 23.8 Å². The number of hydrogen-bond acceptors (Lipinski definition) is 2. The van der Waals surface area contributed by atoms with Gasteiger partial charge in [-0.1, -0.05) is 18.2 Å². The second-order valence-corrected chi connectivity index (χ2v) is 4.22. The topological polar surface area (TPSA) is 35.2 Å². The molecule has 15 heavy (non-hydrogen) atoms. The van der Waals surface area contributed by atoms with Crippen molar-refractivity contribution in [2.75, 3.05) is 7.11 Å². The molecule has 3 heteroatoms. The van der Waals surface area contributed by atoms with Crippen LogP contribution < -0.4 is 5.73 Å². The molecule has 0 bridgehead atoms. The van der Waals surface area contributed by atoms with Crippen LogP contribution in [-0.4, -0.2) is 7.11 Å². The number of halogens is 1. The monoisotopic (exact) mass is 209 g/mol. The Morgan fingerprint density at radius 3 is 2.73 bits per heavy atom. The summed E-state index contributed by atoms with van der Waals surface area (Å²) in [6.07, 6.45) is 2.84. The summed E-state index contributed by atoms with van der Waals surface area (Å²) in [5.74, 6) is -0.193. The van der Waals surface area contributed by atoms with E-state index < -0.39 is 5.54 Å². The molecule has 0 spiro atoms. The third-order valence-electron chi connectivity index (χ3n) is 3.16. The first kappa shape index (κ1) is 10.6. The minimum atomic E-state index is -0.437. The lowest BCUT2D eigenvalue weighted by molar-refractivity contribution is 0.179. The maximum Gasteiger partial charge on any atom is 0.133 e. The number of ether oxygens (including phenoxy) is 1. The number of methoxy groups -OCH3 is 1. The van der Waals surface area contributed by atoms with E-state index in [0.717, 1.165) is 19.3 Å². The van der Waals surface area contributed by atoms with Gasteiger partial charge in [0.1, 0.15) is 5.82 Å². The zero-order chi connectivity index (χ0) is 10.9. The Morgan fingerprint density at radius 1 is 1.47 bits per heavy atom. The van der Waals surface area contributed by atoms with Gasteiger partial charge < -0.3 is 10.5 Å². The van der Waals surface area contributed by atoms with Gasteiger partial charge in [0.05, 0.1) is 6.61 Å². The van der Waals surface area contributed by atoms with Crippen LogP contribution in [0.3, 0.4) is 0 Å². The van der Waals surface area contributed by atoms with Gasteiger partial charge in [0.2, 0.25) is 0 Å². The number of rotatable bonds is 3. The van der Waals surface area contributed by atoms with Gasteiger partial charge in [-0.15, -0.1) is 0 Å². The molecule has 0 atom stereocenters. The summed E-state index contributed by atoms with van der Waals surface area (Å²) in [5.41, 5.74) is 6.90. The molecule has 82 valence electrons. The molecule has 2 nitrogen and oxygen atoms in total. The van der Waals surface area contributed by atoms with Crippen molar-refractivity contribution in [1.29, 1.82) is 0 Å². The van der Waals surface area contributed by atoms with Crippen LogP contribution in [0, 0.1) is 5.82 Å². The van der Waals surface area contributed by atoms with Crippen LogP contribution in [0.4, 0.5) is 4.39 Å². The second-order valence-electron chi connectivity index (χ2n) is 4.22. The quantitative estimate of drug-likeness (QED) is 0.829. The van der Waals surface area contributed by atoms with Gasteiger partial charge in [-0.25, -0.2) is 4.39 Å². The van der Waals surface area contributed by atoms with Gasteiger partial charge in [-0.05, 0) is 19.3 Å². The van der Waals surface area contributed by atoms with Crippen molar-refractivity contribution in [3.8, 4) is 0 Å². The van der Waals surface area contributed by atoms with E-state index in [-0.39, 0.29) is 5.82 Å². The van der Waals surface area contributed by atoms with E-state index in [1.165, 1.54) is 0 Å². The fraction of sp³-hybridized carbons (Fsp3) is 0.500. The van der Waals surface area contributed by atoms with Crippen molar-refractivity contribution < 1.29 is 9.13 Å². The molecule has 1 aliphatic rings. The zero-order valence-electron chi connectivity index (χ0n) is 8.92. The van der Waals surface area contributed by atoms with Gasteiger partial charge in [-0.2, -0.15) is 0 Å². The Hall–Kier alpha value is -0.930. The number of nitrogens with two attached hydrogens (primary N) is 1. The summed E-state index contributed by atoms with van der Waals surface area (Å²) in [6, 6.07) is 5.37. The van der Waals surface area contributed by atoms with E-state index in [0.29, 0.717) is 17.7 Å². The Morgan fingerprint density at radius 2 is 2.20 bits per heavy atom. The molecule has 2 rings (SSSR count). The fourth-order valence-electron chi connectivity index (χ4n) is 2.06. The van der Waals surface area contributed by atoms with Gasteiger partial charge >= 0.3 is 0 Å². The first-order chi connectivity index (χ1) is 7.17. The predicted octanol–water partition coefficient (Wildman–Crippen LogP) is 2.31. The standard InChI is InChI=1S/C12H16FNO/c1-15-8-9-4-2-5-10(11(9)13)12(14)6-3-7-12/h2,4-5H,3,6-8,14H2,1H3. The van der Waals surface area contributed by atoms with E-state index in [1.807, 2.05) is 6.07 Å². The van der Waals surface area contributed by atoms with Gasteiger partial charge in [-0.3, -0.25) is 0 Å². The molecule has 0 amide bonds. The summed E-state index contributed by atoms with van der Waals surface area (Å²) in [7, 11) is 1.56. The average Bonchev–Trinajstić information content (AvgIpc) is 2.18. The number of benzene rings is 1. The number of hydrogen-bond donors (Lipinski definition) is 1. The van der Waals surface area contributed by atoms with Crippen molar-refractivity contribution in [3.05, 3.63) is 35.1 Å². The van der Waals surface area contributed by atoms with E-state index in [4.69, 9.17) is 10.5 Å². The van der Waals surface area contributed by atoms with Crippen LogP contribution in [0.5, 0.6) is 0 Å². The van der Waals surface area contributed by atoms with E-state index in [1.54, 1.807) is 19.2 Å². The minimum Gasteiger partial charge on any atom is -0.380 e. The van der Waals surface area contributed by atoms with Crippen LogP contribution in [0.15, 0.2) is 18.2 Å². The molecule has 2 N–H and O–H groups in total. The van der Waals surface area contributed by atoms with Crippen LogP contribution in [-0.2, 0) is 16.9 Å². The third kappa shape index (κ3) is 1.77. The highest BCUT2D eigenvalue weighted by atomic mass is 19.1. The van der Waals surface area contributed by atoms with Crippen LogP contribution >= 0.6 is 0 Å². The van der Waals surface area contributed by atoms with E-state index in [2.05, 4.69) is 0 Å². The molecule has 1 fully saturated rings. The van der Waals surface area contributed by atoms with Crippen molar-refractivity contribution >= 4 is 0 Å². The molecule has 0 aliphatic heterocycles. The van der Waals surface area contributed by atoms with Crippen LogP contribution in [0.25, 0.3) is 0 Å². The molecule has 0 saturated heterocycles. The van der Waals surface area contributed by atoms with E-state index >= 15 is 0 Å². The molecule has 0 heterocycles. The summed E-state index contributed by atoms with van der Waals surface area (Å²) in [5, 5.41) is 0. The first-order valence-corrected chi connectivity index (χ1v) is 5.23. The summed E-state index contributed by atoms with van der Waals surface area (Å²) in [6.45, 7) is 0.301. The lowest BCUT2D eigenvalue weighted by atomic mass is 9.72. The zero-order valence-corrected chi connectivity index (χ0v) is 8.92. The molecular formula is C12H16FNO. The molecule has 1 aromatic carbocycles. The summed E-state index contributed by atoms with van der Waals surface area (Å²) >= 11 is 0. The van der Waals surface area contributed by atoms with Gasteiger partial charge in [0.15, 0.2) is 0 Å². The third-order valence-corrected chi connectivity index (χ3v) is 3.16. The highest BCUT2D eigenvalue weighted by Gasteiger charge is 2.36. The minimum absolute atomic E-state index is 0.193. The Balaban J connectivity index is 2.35. The lowest BCUT2D eigenvalue weighted by Crippen LogP contribution is -2.44. The van der Waals surface area contributed by atoms with Crippen LogP contribution in [0.2, 0.25) is 0 Å². The molecule has 0 radical (unpaired) electrons. The normalized spacial score (nSPS) is 18.6. The molecule has 1 aliphatic carbocycles. The van der Waals surface area contributed by atoms with Crippen molar-refractivity contribution in [1.82, 2.24) is 0 Å². The lowest BCUT2D eigenvalue weighted by Gasteiger charge is -2.39. The Bertz CT molecular complexity index is 361. The smallest absolute Gasteiger partial charge is 0.133 e.